The van der Waals surface area contributed by atoms with E-state index in [-0.39, 0.29) is 24.3 Å². The molecular weight excluding hydrogens is 429 g/mol. The molecule has 1 atom stereocenters. The minimum atomic E-state index is -0.762. The summed E-state index contributed by atoms with van der Waals surface area (Å²) >= 11 is 0. The highest BCUT2D eigenvalue weighted by Gasteiger charge is 2.53. The lowest BCUT2D eigenvalue weighted by molar-refractivity contribution is -0.125. The largest absolute Gasteiger partial charge is 0.357 e. The first-order valence-electron chi connectivity index (χ1n) is 12.1. The fourth-order valence-corrected chi connectivity index (χ4v) is 5.40. The number of likely N-dealkylation sites (N-methyl/N-ethyl adjacent to an activating group) is 2. The molecule has 0 radical (unpaired) electrons. The maximum absolute atomic E-state index is 12.7. The highest BCUT2D eigenvalue weighted by atomic mass is 16.2. The Balaban J connectivity index is 0.000000333. The third kappa shape index (κ3) is 6.56. The summed E-state index contributed by atoms with van der Waals surface area (Å²) in [5, 5.41) is 11.1. The molecule has 1 spiro atoms. The molecule has 1 saturated heterocycles. The summed E-state index contributed by atoms with van der Waals surface area (Å²) in [5.74, 6) is 2.52. The monoisotopic (exact) mass is 465 g/mol. The van der Waals surface area contributed by atoms with E-state index in [1.165, 1.54) is 44.5 Å². The first kappa shape index (κ1) is 27.3. The third-order valence-electron chi connectivity index (χ3n) is 7.01. The average molecular weight is 465 g/mol. The van der Waals surface area contributed by atoms with E-state index in [0.29, 0.717) is 30.3 Å². The zero-order chi connectivity index (χ0) is 25.3. The maximum atomic E-state index is 12.7. The zero-order valence-electron chi connectivity index (χ0n) is 20.8. The molecule has 1 aromatic carbocycles. The molecule has 3 rings (SSSR count). The number of aldehydes is 2. The molecule has 34 heavy (non-hydrogen) atoms. The van der Waals surface area contributed by atoms with Gasteiger partial charge in [-0.2, -0.15) is 0 Å². The van der Waals surface area contributed by atoms with Gasteiger partial charge in [0.25, 0.3) is 12.6 Å². The van der Waals surface area contributed by atoms with Crippen LogP contribution in [0.4, 0.5) is 0 Å². The summed E-state index contributed by atoms with van der Waals surface area (Å²) in [6.07, 6.45) is 8.73. The maximum Gasteiger partial charge on any atom is 0.268 e. The lowest BCUT2D eigenvalue weighted by Crippen LogP contribution is -2.49. The molecule has 1 aliphatic heterocycles. The Bertz CT molecular complexity index is 928. The number of nitriles is 1. The van der Waals surface area contributed by atoms with E-state index < -0.39 is 11.9 Å². The van der Waals surface area contributed by atoms with Crippen LogP contribution in [-0.4, -0.2) is 56.1 Å². The normalized spacial score (nSPS) is 16.6. The van der Waals surface area contributed by atoms with Crippen molar-refractivity contribution in [2.75, 3.05) is 14.1 Å². The Labute approximate surface area is 203 Å². The average Bonchev–Trinajstić information content (AvgIpc) is 2.80. The molecule has 2 fully saturated rings. The van der Waals surface area contributed by atoms with Gasteiger partial charge in [0.1, 0.15) is 12.3 Å². The summed E-state index contributed by atoms with van der Waals surface area (Å²) < 4.78 is 0. The molecule has 8 heteroatoms. The van der Waals surface area contributed by atoms with Crippen molar-refractivity contribution in [2.45, 2.75) is 71.1 Å². The third-order valence-corrected chi connectivity index (χ3v) is 7.01. The number of nitrogens with one attached hydrogen (secondary N) is 1. The van der Waals surface area contributed by atoms with Gasteiger partial charge in [-0.3, -0.25) is 14.4 Å². The number of carbonyl (C=O) groups is 4. The van der Waals surface area contributed by atoms with E-state index in [2.05, 4.69) is 18.2 Å². The second-order valence-electron chi connectivity index (χ2n) is 9.83. The molecule has 7 nitrogen and oxygen atoms in total. The molecule has 1 aliphatic carbocycles. The van der Waals surface area contributed by atoms with Crippen molar-refractivity contribution in [1.82, 2.24) is 10.2 Å². The highest BCUT2D eigenvalue weighted by Crippen LogP contribution is 2.59. The van der Waals surface area contributed by atoms with Gasteiger partial charge in [0, 0.05) is 32.0 Å². The molecule has 1 aromatic rings. The highest BCUT2D eigenvalue weighted by molar-refractivity contribution is 6.70. The van der Waals surface area contributed by atoms with Crippen molar-refractivity contribution in [1.29, 1.82) is 5.26 Å². The van der Waals surface area contributed by atoms with Gasteiger partial charge in [0.05, 0.1) is 5.56 Å². The second-order valence-corrected chi connectivity index (χ2v) is 9.83. The molecule has 0 bridgehead atoms. The number of nitrogens with zero attached hydrogens (tertiary/aromatic N) is 2. The summed E-state index contributed by atoms with van der Waals surface area (Å²) in [7, 11) is 2.98. The molecule has 1 heterocycles. The van der Waals surface area contributed by atoms with E-state index >= 15 is 0 Å². The Morgan fingerprint density at radius 3 is 2.50 bits per heavy atom. The van der Waals surface area contributed by atoms with E-state index in [4.69, 9.17) is 5.26 Å². The van der Waals surface area contributed by atoms with E-state index in [0.717, 1.165) is 24.3 Å². The summed E-state index contributed by atoms with van der Waals surface area (Å²) in [5.41, 5.74) is 2.22. The molecule has 0 aromatic heterocycles. The molecule has 1 unspecified atom stereocenters. The van der Waals surface area contributed by atoms with E-state index in [1.54, 1.807) is 12.1 Å². The molecular formula is C26H36BN3O4. The SMILES string of the molecule is CC1CC2(CB(C#N)C2)C1.CCCc1ccc(C(=O)N(C)C(CCC=O)C(=O)NC)c(C=O)c1. The van der Waals surface area contributed by atoms with Gasteiger partial charge in [-0.25, -0.2) is 5.26 Å². The van der Waals surface area contributed by atoms with Gasteiger partial charge in [0.2, 0.25) is 5.91 Å². The van der Waals surface area contributed by atoms with Gasteiger partial charge < -0.3 is 15.0 Å². The minimum absolute atomic E-state index is 0.172. The predicted octanol–water partition coefficient (Wildman–Crippen LogP) is 3.59. The molecule has 1 N–H and O–H groups in total. The zero-order valence-corrected chi connectivity index (χ0v) is 20.8. The van der Waals surface area contributed by atoms with Crippen LogP contribution >= 0.6 is 0 Å². The van der Waals surface area contributed by atoms with E-state index in [9.17, 15) is 19.2 Å². The lowest BCUT2D eigenvalue weighted by atomic mass is 9.23. The van der Waals surface area contributed by atoms with Crippen LogP contribution in [0.5, 0.6) is 0 Å². The van der Waals surface area contributed by atoms with Crippen LogP contribution in [0.3, 0.4) is 0 Å². The number of carbonyl (C=O) groups excluding carboxylic acids is 4. The molecule has 2 aliphatic rings. The number of rotatable bonds is 9. The van der Waals surface area contributed by atoms with Crippen LogP contribution in [0.2, 0.25) is 12.6 Å². The van der Waals surface area contributed by atoms with Gasteiger partial charge in [-0.05, 0) is 54.7 Å². The van der Waals surface area contributed by atoms with Crippen molar-refractivity contribution < 1.29 is 19.2 Å². The number of amides is 2. The number of aryl methyl sites for hydroxylation is 1. The number of hydrogen-bond acceptors (Lipinski definition) is 5. The Morgan fingerprint density at radius 2 is 2.00 bits per heavy atom. The van der Waals surface area contributed by atoms with Crippen LogP contribution in [0.25, 0.3) is 0 Å². The Hall–Kier alpha value is -2.95. The van der Waals surface area contributed by atoms with Crippen LogP contribution in [0, 0.1) is 22.6 Å². The molecule has 1 saturated carbocycles. The summed E-state index contributed by atoms with van der Waals surface area (Å²) in [6, 6.07) is 4.38. The fraction of sp³-hybridized carbons (Fsp3) is 0.577. The predicted molar refractivity (Wildman–Crippen MR) is 133 cm³/mol. The van der Waals surface area contributed by atoms with Gasteiger partial charge >= 0.3 is 0 Å². The molecule has 2 amide bonds. The molecule has 182 valence electrons. The minimum Gasteiger partial charge on any atom is -0.357 e. The van der Waals surface area contributed by atoms with Gasteiger partial charge in [-0.1, -0.05) is 39.0 Å². The number of hydrogen-bond donors (Lipinski definition) is 1. The Kier molecular flexibility index (Phi) is 10.0. The second kappa shape index (κ2) is 12.5. The van der Waals surface area contributed by atoms with Crippen LogP contribution in [0.15, 0.2) is 18.2 Å². The first-order valence-corrected chi connectivity index (χ1v) is 12.1. The van der Waals surface area contributed by atoms with Crippen molar-refractivity contribution in [3.63, 3.8) is 0 Å². The van der Waals surface area contributed by atoms with Crippen molar-refractivity contribution in [3.8, 4) is 5.97 Å². The van der Waals surface area contributed by atoms with Crippen molar-refractivity contribution >= 4 is 31.1 Å². The topological polar surface area (TPSA) is 107 Å². The Morgan fingerprint density at radius 1 is 1.32 bits per heavy atom. The summed E-state index contributed by atoms with van der Waals surface area (Å²) in [4.78, 5) is 47.9. The summed E-state index contributed by atoms with van der Waals surface area (Å²) in [6.45, 7) is 4.76. The standard InChI is InChI=1S/C18H24N2O4.C8H12BN/c1-4-6-13-8-9-15(14(11-13)12-22)18(24)20(3)16(7-5-10-21)17(23)19-2;1-7-2-8(3-7)4-9(5-8)6-10/h8-12,16H,4-7H2,1-3H3,(H,19,23);7H,2-5H2,1H3. The van der Waals surface area contributed by atoms with Gasteiger partial charge in [0.15, 0.2) is 6.29 Å². The van der Waals surface area contributed by atoms with Crippen LogP contribution in [-0.2, 0) is 16.0 Å². The van der Waals surface area contributed by atoms with Crippen LogP contribution in [0.1, 0.15) is 72.2 Å². The quantitative estimate of drug-likeness (QED) is 0.443. The lowest BCUT2D eigenvalue weighted by Gasteiger charge is -2.54. The first-order chi connectivity index (χ1) is 16.2. The number of benzene rings is 1. The van der Waals surface area contributed by atoms with E-state index in [1.807, 2.05) is 13.0 Å². The van der Waals surface area contributed by atoms with Gasteiger partial charge in [-0.15, -0.1) is 0 Å². The van der Waals surface area contributed by atoms with Crippen LogP contribution < -0.4 is 5.32 Å². The van der Waals surface area contributed by atoms with Crippen molar-refractivity contribution in [3.05, 3.63) is 34.9 Å². The van der Waals surface area contributed by atoms with Crippen molar-refractivity contribution in [2.24, 2.45) is 11.3 Å². The fourth-order valence-electron chi connectivity index (χ4n) is 5.40. The smallest absolute Gasteiger partial charge is 0.268 e.